The van der Waals surface area contributed by atoms with Crippen molar-refractivity contribution in [3.05, 3.63) is 77.1 Å². The van der Waals surface area contributed by atoms with E-state index in [0.29, 0.717) is 11.4 Å². The zero-order valence-electron chi connectivity index (χ0n) is 17.1. The molecule has 6 nitrogen and oxygen atoms in total. The van der Waals surface area contributed by atoms with Gasteiger partial charge in [0.25, 0.3) is 5.91 Å². The van der Waals surface area contributed by atoms with E-state index in [9.17, 15) is 4.79 Å². The Balaban J connectivity index is 1.45. The number of hydrogen-bond donors (Lipinski definition) is 0. The predicted octanol–water partition coefficient (Wildman–Crippen LogP) is 4.45. The molecule has 31 heavy (non-hydrogen) atoms. The number of nitrogens with zero attached hydrogens (tertiary/aromatic N) is 5. The molecule has 1 fully saturated rings. The van der Waals surface area contributed by atoms with Crippen molar-refractivity contribution in [1.29, 1.82) is 0 Å². The summed E-state index contributed by atoms with van der Waals surface area (Å²) in [5.74, 6) is -0.168. The van der Waals surface area contributed by atoms with Crippen molar-refractivity contribution >= 4 is 28.9 Å². The second kappa shape index (κ2) is 8.89. The number of thioether (sulfide) groups is 1. The van der Waals surface area contributed by atoms with Crippen LogP contribution in [-0.4, -0.2) is 43.8 Å². The molecule has 2 aliphatic heterocycles. The molecule has 3 aromatic rings. The quantitative estimate of drug-likeness (QED) is 0.574. The Bertz CT molecular complexity index is 1130. The number of rotatable bonds is 4. The minimum Gasteiger partial charge on any atom is -0.351 e. The summed E-state index contributed by atoms with van der Waals surface area (Å²) in [6.07, 6.45) is 11.0. The Morgan fingerprint density at radius 2 is 1.87 bits per heavy atom. The summed E-state index contributed by atoms with van der Waals surface area (Å²) >= 11 is 1.47. The molecular formula is C24H23N5OS. The molecule has 7 heteroatoms. The van der Waals surface area contributed by atoms with E-state index in [-0.39, 0.29) is 5.91 Å². The fraction of sp³-hybridized carbons (Fsp3) is 0.250. The first-order chi connectivity index (χ1) is 15.3. The van der Waals surface area contributed by atoms with E-state index in [4.69, 9.17) is 5.10 Å². The van der Waals surface area contributed by atoms with Crippen LogP contribution in [0.15, 0.2) is 71.0 Å². The van der Waals surface area contributed by atoms with Crippen LogP contribution in [0.1, 0.15) is 30.4 Å². The maximum Gasteiger partial charge on any atom is 0.286 e. The van der Waals surface area contributed by atoms with E-state index < -0.39 is 0 Å². The van der Waals surface area contributed by atoms with Gasteiger partial charge in [0.1, 0.15) is 5.69 Å². The number of amidine groups is 1. The summed E-state index contributed by atoms with van der Waals surface area (Å²) in [7, 11) is 0. The van der Waals surface area contributed by atoms with E-state index in [1.54, 1.807) is 12.4 Å². The predicted molar refractivity (Wildman–Crippen MR) is 124 cm³/mol. The first kappa shape index (κ1) is 19.8. The Kier molecular flexibility index (Phi) is 5.67. The van der Waals surface area contributed by atoms with Crippen molar-refractivity contribution in [3.63, 3.8) is 0 Å². The number of likely N-dealkylation sites (tertiary alicyclic amines) is 1. The average molecular weight is 430 g/mol. The van der Waals surface area contributed by atoms with Crippen molar-refractivity contribution in [3.8, 4) is 11.3 Å². The third kappa shape index (κ3) is 4.46. The lowest BCUT2D eigenvalue weighted by molar-refractivity contribution is -0.113. The van der Waals surface area contributed by atoms with Crippen molar-refractivity contribution < 1.29 is 4.79 Å². The van der Waals surface area contributed by atoms with Crippen LogP contribution in [-0.2, 0) is 11.3 Å². The number of carbonyl (C=O) groups excluding carboxylic acids is 1. The fourth-order valence-corrected chi connectivity index (χ4v) is 4.84. The zero-order valence-corrected chi connectivity index (χ0v) is 18.0. The molecule has 1 amide bonds. The molecule has 0 spiro atoms. The Morgan fingerprint density at radius 1 is 1.03 bits per heavy atom. The van der Waals surface area contributed by atoms with Crippen LogP contribution in [0.25, 0.3) is 17.3 Å². The van der Waals surface area contributed by atoms with Gasteiger partial charge in [0.15, 0.2) is 5.17 Å². The van der Waals surface area contributed by atoms with Crippen LogP contribution in [0, 0.1) is 0 Å². The Morgan fingerprint density at radius 3 is 2.65 bits per heavy atom. The molecule has 5 rings (SSSR count). The van der Waals surface area contributed by atoms with Crippen molar-refractivity contribution in [1.82, 2.24) is 19.7 Å². The van der Waals surface area contributed by atoms with E-state index in [1.807, 2.05) is 47.3 Å². The van der Waals surface area contributed by atoms with Gasteiger partial charge in [-0.15, -0.1) is 0 Å². The topological polar surface area (TPSA) is 63.4 Å². The van der Waals surface area contributed by atoms with Gasteiger partial charge in [-0.05, 0) is 54.8 Å². The van der Waals surface area contributed by atoms with Gasteiger partial charge < -0.3 is 4.90 Å². The van der Waals surface area contributed by atoms with Crippen LogP contribution in [0.5, 0.6) is 0 Å². The van der Waals surface area contributed by atoms with Crippen LogP contribution in [0.2, 0.25) is 0 Å². The van der Waals surface area contributed by atoms with E-state index in [0.717, 1.165) is 47.9 Å². The molecule has 0 saturated carbocycles. The normalized spacial score (nSPS) is 17.9. The van der Waals surface area contributed by atoms with Gasteiger partial charge in [-0.3, -0.25) is 14.5 Å². The van der Waals surface area contributed by atoms with Gasteiger partial charge in [-0.1, -0.05) is 30.3 Å². The van der Waals surface area contributed by atoms with Crippen molar-refractivity contribution in [2.75, 3.05) is 13.1 Å². The second-order valence-electron chi connectivity index (χ2n) is 7.72. The average Bonchev–Trinajstić information content (AvgIpc) is 3.39. The lowest BCUT2D eigenvalue weighted by Gasteiger charge is -2.27. The molecule has 0 radical (unpaired) electrons. The summed E-state index contributed by atoms with van der Waals surface area (Å²) in [6.45, 7) is 2.61. The van der Waals surface area contributed by atoms with E-state index in [2.05, 4.69) is 27.0 Å². The minimum absolute atomic E-state index is 0.168. The van der Waals surface area contributed by atoms with Crippen LogP contribution in [0.3, 0.4) is 0 Å². The van der Waals surface area contributed by atoms with Gasteiger partial charge in [-0.2, -0.15) is 10.1 Å². The molecule has 0 N–H and O–H groups in total. The van der Waals surface area contributed by atoms with Gasteiger partial charge >= 0.3 is 0 Å². The van der Waals surface area contributed by atoms with Crippen LogP contribution < -0.4 is 0 Å². The zero-order chi connectivity index (χ0) is 21.0. The minimum atomic E-state index is -0.168. The van der Waals surface area contributed by atoms with Gasteiger partial charge in [0.05, 0.1) is 11.4 Å². The molecule has 2 aliphatic rings. The van der Waals surface area contributed by atoms with E-state index >= 15 is 0 Å². The van der Waals surface area contributed by atoms with Crippen LogP contribution in [0.4, 0.5) is 0 Å². The third-order valence-electron chi connectivity index (χ3n) is 5.43. The lowest BCUT2D eigenvalue weighted by Crippen LogP contribution is -2.33. The summed E-state index contributed by atoms with van der Waals surface area (Å²) in [5.41, 5.74) is 3.81. The van der Waals surface area contributed by atoms with Crippen molar-refractivity contribution in [2.24, 2.45) is 4.99 Å². The number of piperidine rings is 1. The fourth-order valence-electron chi connectivity index (χ4n) is 3.88. The monoisotopic (exact) mass is 429 g/mol. The highest BCUT2D eigenvalue weighted by Crippen LogP contribution is 2.33. The Hall–Kier alpha value is -3.19. The molecule has 156 valence electrons. The van der Waals surface area contributed by atoms with Gasteiger partial charge in [0, 0.05) is 42.8 Å². The highest BCUT2D eigenvalue weighted by Gasteiger charge is 2.27. The van der Waals surface area contributed by atoms with E-state index in [1.165, 1.54) is 23.7 Å². The third-order valence-corrected chi connectivity index (χ3v) is 6.48. The number of amides is 1. The summed E-state index contributed by atoms with van der Waals surface area (Å²) in [4.78, 5) is 24.1. The number of pyridine rings is 1. The molecule has 1 aromatic carbocycles. The summed E-state index contributed by atoms with van der Waals surface area (Å²) in [5, 5.41) is 5.64. The molecule has 2 aromatic heterocycles. The maximum absolute atomic E-state index is 12.6. The molecular weight excluding hydrogens is 406 g/mol. The van der Waals surface area contributed by atoms with Gasteiger partial charge in [-0.25, -0.2) is 0 Å². The van der Waals surface area contributed by atoms with Crippen LogP contribution >= 0.6 is 11.8 Å². The van der Waals surface area contributed by atoms with Crippen molar-refractivity contribution in [2.45, 2.75) is 25.8 Å². The first-order valence-electron chi connectivity index (χ1n) is 10.6. The first-order valence-corrected chi connectivity index (χ1v) is 11.4. The molecule has 0 bridgehead atoms. The molecule has 1 saturated heterocycles. The lowest BCUT2D eigenvalue weighted by atomic mass is 10.1. The summed E-state index contributed by atoms with van der Waals surface area (Å²) < 4.78 is 1.92. The molecule has 0 aliphatic carbocycles. The number of aliphatic imine (C=N–C) groups is 1. The number of hydrogen-bond acceptors (Lipinski definition) is 5. The molecule has 0 unspecified atom stereocenters. The largest absolute Gasteiger partial charge is 0.351 e. The highest BCUT2D eigenvalue weighted by molar-refractivity contribution is 8.18. The number of aromatic nitrogens is 3. The number of benzene rings is 1. The Labute approximate surface area is 185 Å². The smallest absolute Gasteiger partial charge is 0.286 e. The molecule has 0 atom stereocenters. The van der Waals surface area contributed by atoms with Gasteiger partial charge in [0.2, 0.25) is 0 Å². The standard InChI is InChI=1S/C24H23N5OS/c30-23-21(31-24(26-23)28-12-5-2-6-13-28)14-20-17-29(16-18-8-3-1-4-9-18)27-22(20)19-10-7-11-25-15-19/h1,3-4,7-11,14-15,17H,2,5-6,12-13,16H2/b21-14-. The highest BCUT2D eigenvalue weighted by atomic mass is 32.2. The molecule has 4 heterocycles. The number of carbonyl (C=O) groups is 1. The second-order valence-corrected chi connectivity index (χ2v) is 8.72. The maximum atomic E-state index is 12.6. The SMILES string of the molecule is O=C1N=C(N2CCCCC2)S/C1=C\c1cn(Cc2ccccc2)nc1-c1cccnc1. The summed E-state index contributed by atoms with van der Waals surface area (Å²) in [6, 6.07) is 14.1.